The maximum atomic E-state index is 14.5. The largest absolute Gasteiger partial charge is 0.481 e. The first-order valence-electron chi connectivity index (χ1n) is 27.7. The van der Waals surface area contributed by atoms with Crippen LogP contribution in [0.25, 0.3) is 10.9 Å². The molecule has 0 saturated carbocycles. The molecule has 0 bridgehead atoms. The normalized spacial score (nSPS) is 15.4. The predicted molar refractivity (Wildman–Crippen MR) is 301 cm³/mol. The van der Waals surface area contributed by atoms with Gasteiger partial charge >= 0.3 is 23.9 Å². The third kappa shape index (κ3) is 24.4. The van der Waals surface area contributed by atoms with Gasteiger partial charge in [-0.1, -0.05) is 58.7 Å². The van der Waals surface area contributed by atoms with E-state index in [2.05, 4.69) is 47.5 Å². The number of unbranched alkanes of at least 4 members (excludes halogenated alkanes) is 2. The number of carboxylic acid groups (broad SMARTS) is 4. The number of hydrogen-bond acceptors (Lipinski definition) is 18. The molecule has 0 aliphatic heterocycles. The number of H-pyrrole nitrogens is 1. The molecule has 32 nitrogen and oxygen atoms in total. The number of aliphatic hydroxyl groups is 2. The number of aliphatic hydroxyl groups excluding tert-OH is 2. The molecule has 9 amide bonds. The minimum Gasteiger partial charge on any atom is -0.481 e. The fraction of sp³-hybridized carbons (Fsp3) is 0.604. The number of rotatable bonds is 41. The SMILES string of the molecule is CC[C@H](C)[C@H](NC(=O)[C@H](CO)NC(=O)[C@H](CCCCN)NC(=O)[C@H](Cc1c[nH]c2ccccc12)NC(=O)[C@H](CO)NC(=O)[C@H](CC(=O)O)NC(=O)[C@H](CC(=O)O)NC(=O)[C@@H](NC(=O)[C@@H](N)CC(=O)O)[C@@H](C)CC)C(=O)N[C@@H](CCCCN)C(=O)O. The molecule has 2 rings (SSSR count). The number of aliphatic carboxylic acids is 4. The van der Waals surface area contributed by atoms with Crippen molar-refractivity contribution in [3.8, 4) is 0 Å². The van der Waals surface area contributed by atoms with E-state index in [0.717, 1.165) is 0 Å². The van der Waals surface area contributed by atoms with Gasteiger partial charge in [-0.25, -0.2) is 4.79 Å². The molecule has 32 heteroatoms. The molecular weight excluding hydrogens is 1120 g/mol. The van der Waals surface area contributed by atoms with Gasteiger partial charge in [0.2, 0.25) is 53.2 Å². The molecule has 0 aliphatic carbocycles. The summed E-state index contributed by atoms with van der Waals surface area (Å²) in [6, 6.07) is -10.2. The summed E-state index contributed by atoms with van der Waals surface area (Å²) in [6.07, 6.45) is -0.202. The first-order chi connectivity index (χ1) is 40.2. The Balaban J connectivity index is 2.49. The lowest BCUT2D eigenvalue weighted by Crippen LogP contribution is -2.62. The summed E-state index contributed by atoms with van der Waals surface area (Å²) in [5, 5.41) is 80.5. The van der Waals surface area contributed by atoms with Crippen LogP contribution in [-0.4, -0.2) is 199 Å². The van der Waals surface area contributed by atoms with Gasteiger partial charge < -0.3 is 101 Å². The van der Waals surface area contributed by atoms with Crippen molar-refractivity contribution < 1.29 is 93.0 Å². The minimum absolute atomic E-state index is 0.0438. The molecular formula is C53H83N13O19. The van der Waals surface area contributed by atoms with Crippen molar-refractivity contribution in [3.05, 3.63) is 36.0 Å². The predicted octanol–water partition coefficient (Wildman–Crippen LogP) is -4.76. The Morgan fingerprint density at radius 2 is 0.847 bits per heavy atom. The fourth-order valence-corrected chi connectivity index (χ4v) is 8.48. The Labute approximate surface area is 489 Å². The van der Waals surface area contributed by atoms with Gasteiger partial charge in [-0.05, 0) is 75.1 Å². The molecule has 22 N–H and O–H groups in total. The van der Waals surface area contributed by atoms with Crippen LogP contribution >= 0.6 is 0 Å². The van der Waals surface area contributed by atoms with Crippen molar-refractivity contribution in [2.24, 2.45) is 29.0 Å². The Morgan fingerprint density at radius 3 is 1.31 bits per heavy atom. The molecule has 0 unspecified atom stereocenters. The van der Waals surface area contributed by atoms with Crippen LogP contribution in [0.4, 0.5) is 0 Å². The number of carbonyl (C=O) groups is 13. The van der Waals surface area contributed by atoms with Crippen LogP contribution < -0.4 is 65.1 Å². The van der Waals surface area contributed by atoms with Gasteiger partial charge in [0, 0.05) is 23.5 Å². The summed E-state index contributed by atoms with van der Waals surface area (Å²) in [7, 11) is 0. The second-order valence-electron chi connectivity index (χ2n) is 20.4. The average Bonchev–Trinajstić information content (AvgIpc) is 3.95. The summed E-state index contributed by atoms with van der Waals surface area (Å²) in [4.78, 5) is 174. The number of carbonyl (C=O) groups excluding carboxylic acids is 9. The van der Waals surface area contributed by atoms with Gasteiger partial charge in [0.15, 0.2) is 0 Å². The molecule has 0 radical (unpaired) electrons. The molecule has 1 heterocycles. The van der Waals surface area contributed by atoms with E-state index < -0.39 is 182 Å². The summed E-state index contributed by atoms with van der Waals surface area (Å²) < 4.78 is 0. The molecule has 0 fully saturated rings. The number of amides is 9. The molecule has 474 valence electrons. The van der Waals surface area contributed by atoms with Crippen molar-refractivity contribution in [3.63, 3.8) is 0 Å². The molecule has 0 spiro atoms. The molecule has 1 aromatic carbocycles. The van der Waals surface area contributed by atoms with Crippen molar-refractivity contribution in [2.45, 2.75) is 165 Å². The number of aromatic amines is 1. The molecule has 12 atom stereocenters. The number of carboxylic acids is 4. The Kier molecular flexibility index (Phi) is 31.7. The van der Waals surface area contributed by atoms with Crippen molar-refractivity contribution in [1.29, 1.82) is 0 Å². The Hall–Kier alpha value is -8.33. The van der Waals surface area contributed by atoms with E-state index in [9.17, 15) is 87.9 Å². The van der Waals surface area contributed by atoms with Gasteiger partial charge in [0.25, 0.3) is 0 Å². The molecule has 0 aliphatic rings. The van der Waals surface area contributed by atoms with Crippen LogP contribution in [0.15, 0.2) is 30.5 Å². The third-order valence-corrected chi connectivity index (χ3v) is 13.8. The number of nitrogens with one attached hydrogen (secondary N) is 10. The van der Waals surface area contributed by atoms with Crippen LogP contribution in [0.2, 0.25) is 0 Å². The van der Waals surface area contributed by atoms with Crippen LogP contribution in [0, 0.1) is 11.8 Å². The second-order valence-corrected chi connectivity index (χ2v) is 20.4. The lowest BCUT2D eigenvalue weighted by molar-refractivity contribution is -0.144. The van der Waals surface area contributed by atoms with E-state index in [-0.39, 0.29) is 38.6 Å². The van der Waals surface area contributed by atoms with E-state index in [1.807, 2.05) is 5.32 Å². The van der Waals surface area contributed by atoms with Gasteiger partial charge in [0.05, 0.1) is 38.5 Å². The summed E-state index contributed by atoms with van der Waals surface area (Å²) in [5.41, 5.74) is 17.9. The van der Waals surface area contributed by atoms with Gasteiger partial charge in [0.1, 0.15) is 54.4 Å². The number of benzene rings is 1. The van der Waals surface area contributed by atoms with Gasteiger partial charge in [-0.3, -0.25) is 57.5 Å². The zero-order valence-corrected chi connectivity index (χ0v) is 47.9. The highest BCUT2D eigenvalue weighted by molar-refractivity contribution is 6.00. The highest BCUT2D eigenvalue weighted by Crippen LogP contribution is 2.20. The van der Waals surface area contributed by atoms with Crippen LogP contribution in [0.3, 0.4) is 0 Å². The smallest absolute Gasteiger partial charge is 0.326 e. The molecule has 1 aromatic heterocycles. The first-order valence-corrected chi connectivity index (χ1v) is 27.7. The summed E-state index contributed by atoms with van der Waals surface area (Å²) in [6.45, 7) is 4.61. The number of aromatic nitrogens is 1. The topological polar surface area (TPSA) is 545 Å². The van der Waals surface area contributed by atoms with E-state index >= 15 is 0 Å². The zero-order chi connectivity index (χ0) is 64.1. The molecule has 0 saturated heterocycles. The summed E-state index contributed by atoms with van der Waals surface area (Å²) in [5.74, 6) is -17.8. The first kappa shape index (κ1) is 72.8. The number of fused-ring (bicyclic) bond motifs is 1. The van der Waals surface area contributed by atoms with Crippen molar-refractivity contribution in [2.75, 3.05) is 26.3 Å². The van der Waals surface area contributed by atoms with E-state index in [1.54, 1.807) is 45.0 Å². The van der Waals surface area contributed by atoms with Crippen LogP contribution in [-0.2, 0) is 68.7 Å². The van der Waals surface area contributed by atoms with Crippen molar-refractivity contribution in [1.82, 2.24) is 52.8 Å². The quantitative estimate of drug-likeness (QED) is 0.0278. The second kappa shape index (κ2) is 37.1. The monoisotopic (exact) mass is 1210 g/mol. The van der Waals surface area contributed by atoms with E-state index in [0.29, 0.717) is 48.7 Å². The zero-order valence-electron chi connectivity index (χ0n) is 47.9. The number of nitrogens with two attached hydrogens (primary N) is 3. The lowest BCUT2D eigenvalue weighted by Gasteiger charge is -2.28. The number of hydrogen-bond donors (Lipinski definition) is 19. The highest BCUT2D eigenvalue weighted by atomic mass is 16.4. The Bertz CT molecular complexity index is 2640. The summed E-state index contributed by atoms with van der Waals surface area (Å²) >= 11 is 0. The fourth-order valence-electron chi connectivity index (χ4n) is 8.48. The minimum atomic E-state index is -2.15. The Morgan fingerprint density at radius 1 is 0.471 bits per heavy atom. The van der Waals surface area contributed by atoms with Crippen LogP contribution in [0.5, 0.6) is 0 Å². The molecule has 2 aromatic rings. The van der Waals surface area contributed by atoms with E-state index in [1.165, 1.54) is 13.1 Å². The van der Waals surface area contributed by atoms with Gasteiger partial charge in [-0.2, -0.15) is 0 Å². The average molecular weight is 1210 g/mol. The number of para-hydroxylation sites is 1. The van der Waals surface area contributed by atoms with Crippen LogP contribution in [0.1, 0.15) is 104 Å². The van der Waals surface area contributed by atoms with Crippen molar-refractivity contribution >= 4 is 87.9 Å². The maximum Gasteiger partial charge on any atom is 0.326 e. The lowest BCUT2D eigenvalue weighted by atomic mass is 9.97. The van der Waals surface area contributed by atoms with Gasteiger partial charge in [-0.15, -0.1) is 0 Å². The maximum absolute atomic E-state index is 14.5. The molecule has 85 heavy (non-hydrogen) atoms. The van der Waals surface area contributed by atoms with E-state index in [4.69, 9.17) is 22.3 Å². The highest BCUT2D eigenvalue weighted by Gasteiger charge is 2.38. The standard InChI is InChI=1S/C53H83N13O19/c1-5-26(3)42(65-44(75)30(56)20-39(69)70)52(83)62-36(22-41(73)74)47(78)61-35(21-40(71)72)48(79)64-37(24-67)49(80)60-34(19-28-23-57-31-14-8-7-13-29(28)31)46(77)58-32(15-9-11-17-54)45(76)63-38(25-68)50(81)66-43(27(4)6-2)51(82)59-33(53(84)85)16-10-12-18-55/h7-8,13-14,23,26-27,30,32-38,42-43,57,67-68H,5-6,9-12,15-22,24-25,54-56H2,1-4H3,(H,58,77)(H,59,82)(H,60,80)(H,61,78)(H,62,83)(H,63,76)(H,64,79)(H,65,75)(H,66,81)(H,69,70)(H,71,72)(H,73,74)(H,84,85)/t26-,27-,30-,32-,33-,34-,35-,36-,37-,38-,42-,43-/m0/s1. The third-order valence-electron chi connectivity index (χ3n) is 13.8.